The van der Waals surface area contributed by atoms with Gasteiger partial charge in [0.25, 0.3) is 5.56 Å². The number of rotatable bonds is 4. The van der Waals surface area contributed by atoms with E-state index in [-0.39, 0.29) is 5.56 Å². The summed E-state index contributed by atoms with van der Waals surface area (Å²) in [7, 11) is 0. The van der Waals surface area contributed by atoms with Crippen LogP contribution in [0, 0.1) is 11.3 Å². The highest BCUT2D eigenvalue weighted by Gasteiger charge is 2.23. The Morgan fingerprint density at radius 3 is 2.94 bits per heavy atom. The number of hydrogen-bond acceptors (Lipinski definition) is 5. The number of aromatic nitrogens is 3. The molecule has 0 saturated heterocycles. The number of hydrogen-bond donors (Lipinski definition) is 1. The van der Waals surface area contributed by atoms with Crippen molar-refractivity contribution in [1.29, 1.82) is 5.26 Å². The van der Waals surface area contributed by atoms with Crippen LogP contribution in [0.1, 0.15) is 47.6 Å². The molecule has 0 fully saturated rings. The molecule has 0 bridgehead atoms. The fraction of sp³-hybridized carbons (Fsp3) is 0.333. The summed E-state index contributed by atoms with van der Waals surface area (Å²) in [6.07, 6.45) is 5.86. The van der Waals surface area contributed by atoms with E-state index in [0.29, 0.717) is 17.9 Å². The number of nitrogens with one attached hydrogen (secondary N) is 1. The van der Waals surface area contributed by atoms with Crippen LogP contribution >= 0.6 is 0 Å². The summed E-state index contributed by atoms with van der Waals surface area (Å²) in [6.45, 7) is 2.96. The lowest BCUT2D eigenvalue weighted by Crippen LogP contribution is -2.36. The molecule has 0 spiro atoms. The van der Waals surface area contributed by atoms with E-state index in [4.69, 9.17) is 4.98 Å². The van der Waals surface area contributed by atoms with Gasteiger partial charge in [-0.2, -0.15) is 5.26 Å². The summed E-state index contributed by atoms with van der Waals surface area (Å²) in [5, 5.41) is 9.20. The monoisotopic (exact) mass is 412 g/mol. The van der Waals surface area contributed by atoms with Crippen LogP contribution < -0.4 is 5.56 Å². The van der Waals surface area contributed by atoms with Gasteiger partial charge >= 0.3 is 0 Å². The van der Waals surface area contributed by atoms with E-state index >= 15 is 0 Å². The second kappa shape index (κ2) is 8.32. The summed E-state index contributed by atoms with van der Waals surface area (Å²) < 4.78 is 2.10. The minimum Gasteiger partial charge on any atom is -0.320 e. The van der Waals surface area contributed by atoms with Crippen molar-refractivity contribution < 1.29 is 0 Å². The second-order valence-electron chi connectivity index (χ2n) is 8.12. The van der Waals surface area contributed by atoms with Crippen molar-refractivity contribution in [2.24, 2.45) is 4.99 Å². The van der Waals surface area contributed by atoms with Crippen LogP contribution in [0.25, 0.3) is 5.69 Å². The highest BCUT2D eigenvalue weighted by molar-refractivity contribution is 5.97. The molecule has 5 rings (SSSR count). The molecule has 1 aromatic carbocycles. The maximum Gasteiger partial charge on any atom is 0.255 e. The lowest BCUT2D eigenvalue weighted by molar-refractivity contribution is 0.237. The van der Waals surface area contributed by atoms with Crippen LogP contribution in [0.3, 0.4) is 0 Å². The van der Waals surface area contributed by atoms with Gasteiger partial charge in [0.05, 0.1) is 28.6 Å². The molecule has 0 unspecified atom stereocenters. The molecule has 156 valence electrons. The van der Waals surface area contributed by atoms with Gasteiger partial charge in [-0.1, -0.05) is 6.07 Å². The van der Waals surface area contributed by atoms with Crippen molar-refractivity contribution in [2.45, 2.75) is 38.8 Å². The van der Waals surface area contributed by atoms with E-state index in [9.17, 15) is 10.1 Å². The number of nitriles is 1. The van der Waals surface area contributed by atoms with Crippen molar-refractivity contribution in [3.8, 4) is 11.8 Å². The molecular weight excluding hydrogens is 388 g/mol. The molecule has 4 heterocycles. The van der Waals surface area contributed by atoms with Crippen molar-refractivity contribution in [3.05, 3.63) is 81.3 Å². The Morgan fingerprint density at radius 1 is 1.16 bits per heavy atom. The highest BCUT2D eigenvalue weighted by Crippen LogP contribution is 2.20. The van der Waals surface area contributed by atoms with Crippen LogP contribution in [0.4, 0.5) is 0 Å². The molecule has 7 nitrogen and oxygen atoms in total. The number of fused-ring (bicyclic) bond motifs is 1. The van der Waals surface area contributed by atoms with Gasteiger partial charge < -0.3 is 9.55 Å². The third-order valence-electron chi connectivity index (χ3n) is 6.02. The molecule has 0 saturated carbocycles. The van der Waals surface area contributed by atoms with Crippen LogP contribution in [0.15, 0.2) is 52.4 Å². The van der Waals surface area contributed by atoms with E-state index in [1.165, 1.54) is 0 Å². The van der Waals surface area contributed by atoms with Gasteiger partial charge in [0.15, 0.2) is 5.82 Å². The lowest BCUT2D eigenvalue weighted by Gasteiger charge is -2.28. The van der Waals surface area contributed by atoms with Gasteiger partial charge in [-0.3, -0.25) is 14.7 Å². The fourth-order valence-corrected chi connectivity index (χ4v) is 4.39. The van der Waals surface area contributed by atoms with Crippen molar-refractivity contribution >= 4 is 5.71 Å². The zero-order valence-electron chi connectivity index (χ0n) is 17.3. The first-order valence-corrected chi connectivity index (χ1v) is 10.8. The average Bonchev–Trinajstić information content (AvgIpc) is 3.28. The standard InChI is InChI=1S/C24H24N6O/c25-14-17-5-3-6-18(13-17)30-11-4-7-19(30)15-29-12-9-21-20(16-29)24(31)28-23(27-21)22-8-1-2-10-26-22/h3-7,11,13H,1-2,8-10,12,15-16H2,(H,27,28,31). The van der Waals surface area contributed by atoms with Crippen molar-refractivity contribution in [2.75, 3.05) is 13.1 Å². The second-order valence-corrected chi connectivity index (χ2v) is 8.12. The maximum atomic E-state index is 12.8. The van der Waals surface area contributed by atoms with Crippen LogP contribution in [-0.4, -0.2) is 38.2 Å². The first-order chi connectivity index (χ1) is 15.2. The summed E-state index contributed by atoms with van der Waals surface area (Å²) in [6, 6.07) is 13.9. The Morgan fingerprint density at radius 2 is 2.10 bits per heavy atom. The van der Waals surface area contributed by atoms with Gasteiger partial charge in [0.2, 0.25) is 0 Å². The predicted octanol–water partition coefficient (Wildman–Crippen LogP) is 2.96. The molecule has 3 aromatic rings. The predicted molar refractivity (Wildman–Crippen MR) is 118 cm³/mol. The minimum absolute atomic E-state index is 0.0462. The first kappa shape index (κ1) is 19.5. The Hall–Kier alpha value is -3.50. The van der Waals surface area contributed by atoms with Crippen molar-refractivity contribution in [1.82, 2.24) is 19.4 Å². The van der Waals surface area contributed by atoms with E-state index in [2.05, 4.69) is 31.6 Å². The van der Waals surface area contributed by atoms with Crippen LogP contribution in [-0.2, 0) is 19.5 Å². The number of aromatic amines is 1. The molecule has 1 N–H and O–H groups in total. The molecule has 0 atom stereocenters. The van der Waals surface area contributed by atoms with Gasteiger partial charge in [0, 0.05) is 50.2 Å². The molecule has 0 radical (unpaired) electrons. The van der Waals surface area contributed by atoms with E-state index in [1.54, 1.807) is 6.07 Å². The number of H-pyrrole nitrogens is 1. The molecule has 2 aliphatic heterocycles. The lowest BCUT2D eigenvalue weighted by atomic mass is 10.0. The first-order valence-electron chi connectivity index (χ1n) is 10.8. The van der Waals surface area contributed by atoms with Gasteiger partial charge in [0.1, 0.15) is 0 Å². The number of aliphatic imine (C=N–C) groups is 1. The van der Waals surface area contributed by atoms with Gasteiger partial charge in [-0.15, -0.1) is 0 Å². The molecule has 0 amide bonds. The summed E-state index contributed by atoms with van der Waals surface area (Å²) in [5.41, 5.74) is 5.28. The largest absolute Gasteiger partial charge is 0.320 e. The van der Waals surface area contributed by atoms with E-state index in [1.807, 2.05) is 30.5 Å². The Kier molecular flexibility index (Phi) is 5.23. The molecule has 31 heavy (non-hydrogen) atoms. The fourth-order valence-electron chi connectivity index (χ4n) is 4.39. The number of benzene rings is 1. The van der Waals surface area contributed by atoms with Crippen LogP contribution in [0.5, 0.6) is 0 Å². The zero-order chi connectivity index (χ0) is 21.2. The molecule has 7 heteroatoms. The quantitative estimate of drug-likeness (QED) is 0.713. The third-order valence-corrected chi connectivity index (χ3v) is 6.02. The molecule has 0 aliphatic carbocycles. The average molecular weight is 412 g/mol. The Balaban J connectivity index is 1.37. The Labute approximate surface area is 180 Å². The molecular formula is C24H24N6O. The van der Waals surface area contributed by atoms with Gasteiger partial charge in [-0.25, -0.2) is 4.98 Å². The maximum absolute atomic E-state index is 12.8. The molecule has 2 aliphatic rings. The van der Waals surface area contributed by atoms with E-state index < -0.39 is 0 Å². The Bertz CT molecular complexity index is 1250. The SMILES string of the molecule is N#Cc1cccc(-n2cccc2CN2CCc3nc(C4=NCCCC4)[nH]c(=O)c3C2)c1. The van der Waals surface area contributed by atoms with E-state index in [0.717, 1.165) is 73.7 Å². The smallest absolute Gasteiger partial charge is 0.255 e. The van der Waals surface area contributed by atoms with Crippen molar-refractivity contribution in [3.63, 3.8) is 0 Å². The zero-order valence-corrected chi connectivity index (χ0v) is 17.3. The normalized spacial score (nSPS) is 16.4. The highest BCUT2D eigenvalue weighted by atomic mass is 16.1. The summed E-state index contributed by atoms with van der Waals surface area (Å²) in [5.74, 6) is 0.656. The topological polar surface area (TPSA) is 90.1 Å². The summed E-state index contributed by atoms with van der Waals surface area (Å²) >= 11 is 0. The van der Waals surface area contributed by atoms with Gasteiger partial charge in [-0.05, 0) is 49.6 Å². The summed E-state index contributed by atoms with van der Waals surface area (Å²) in [4.78, 5) is 27.4. The molecule has 2 aromatic heterocycles. The third kappa shape index (κ3) is 3.94. The number of nitrogens with zero attached hydrogens (tertiary/aromatic N) is 5. The van der Waals surface area contributed by atoms with Crippen LogP contribution in [0.2, 0.25) is 0 Å². The minimum atomic E-state index is -0.0462.